The number of morpholine rings is 1. The summed E-state index contributed by atoms with van der Waals surface area (Å²) in [6, 6.07) is 10.7. The molecule has 1 heterocycles. The van der Waals surface area contributed by atoms with Crippen molar-refractivity contribution in [2.75, 3.05) is 32.8 Å². The second-order valence-electron chi connectivity index (χ2n) is 3.69. The number of hydrogen-bond acceptors (Lipinski definition) is 2. The van der Waals surface area contributed by atoms with E-state index in [0.29, 0.717) is 0 Å². The van der Waals surface area contributed by atoms with Gasteiger partial charge in [-0.2, -0.15) is 0 Å². The van der Waals surface area contributed by atoms with Crippen LogP contribution in [0.2, 0.25) is 0 Å². The molecule has 0 unspecified atom stereocenters. The maximum absolute atomic E-state index is 5.31. The van der Waals surface area contributed by atoms with Gasteiger partial charge in [-0.3, -0.25) is 4.90 Å². The molecule has 1 saturated heterocycles. The van der Waals surface area contributed by atoms with E-state index in [1.54, 1.807) is 0 Å². The Bertz CT molecular complexity index is 260. The van der Waals surface area contributed by atoms with Crippen LogP contribution in [-0.4, -0.2) is 37.7 Å². The van der Waals surface area contributed by atoms with Crippen LogP contribution in [0, 0.1) is 0 Å². The average molecular weight is 272 g/mol. The smallest absolute Gasteiger partial charge is 0.0594 e. The summed E-state index contributed by atoms with van der Waals surface area (Å²) in [5.41, 5.74) is 1.43. The van der Waals surface area contributed by atoms with E-state index >= 15 is 0 Å². The Morgan fingerprint density at radius 3 is 2.40 bits per heavy atom. The SMILES string of the molecule is Br.c1ccc(CCN2CCOCC2)cc1. The molecule has 2 nitrogen and oxygen atoms in total. The van der Waals surface area contributed by atoms with Crippen molar-refractivity contribution in [3.8, 4) is 0 Å². The summed E-state index contributed by atoms with van der Waals surface area (Å²) >= 11 is 0. The summed E-state index contributed by atoms with van der Waals surface area (Å²) in [5, 5.41) is 0. The van der Waals surface area contributed by atoms with Gasteiger partial charge < -0.3 is 4.74 Å². The lowest BCUT2D eigenvalue weighted by atomic mass is 10.1. The second-order valence-corrected chi connectivity index (χ2v) is 3.69. The fourth-order valence-electron chi connectivity index (χ4n) is 1.76. The van der Waals surface area contributed by atoms with Gasteiger partial charge in [-0.15, -0.1) is 17.0 Å². The third kappa shape index (κ3) is 4.33. The zero-order valence-electron chi connectivity index (χ0n) is 8.89. The third-order valence-corrected chi connectivity index (χ3v) is 2.66. The Hall–Kier alpha value is -0.380. The van der Waals surface area contributed by atoms with Gasteiger partial charge in [-0.05, 0) is 12.0 Å². The first kappa shape index (κ1) is 12.7. The number of nitrogens with zero attached hydrogens (tertiary/aromatic N) is 1. The molecule has 0 aliphatic carbocycles. The van der Waals surface area contributed by atoms with E-state index in [4.69, 9.17) is 4.74 Å². The lowest BCUT2D eigenvalue weighted by Gasteiger charge is -2.26. The number of halogens is 1. The Kier molecular flexibility index (Phi) is 5.91. The topological polar surface area (TPSA) is 12.5 Å². The van der Waals surface area contributed by atoms with Gasteiger partial charge in [-0.25, -0.2) is 0 Å². The van der Waals surface area contributed by atoms with Crippen molar-refractivity contribution in [3.63, 3.8) is 0 Å². The van der Waals surface area contributed by atoms with Crippen LogP contribution < -0.4 is 0 Å². The molecule has 1 aliphatic rings. The minimum atomic E-state index is 0. The minimum Gasteiger partial charge on any atom is -0.379 e. The van der Waals surface area contributed by atoms with Crippen LogP contribution in [0.25, 0.3) is 0 Å². The minimum absolute atomic E-state index is 0. The van der Waals surface area contributed by atoms with Crippen LogP contribution in [0.5, 0.6) is 0 Å². The molecule has 0 atom stereocenters. The molecule has 1 fully saturated rings. The van der Waals surface area contributed by atoms with E-state index in [9.17, 15) is 0 Å². The van der Waals surface area contributed by atoms with Crippen LogP contribution in [-0.2, 0) is 11.2 Å². The first-order valence-electron chi connectivity index (χ1n) is 5.29. The molecule has 0 amide bonds. The van der Waals surface area contributed by atoms with Crippen molar-refractivity contribution in [2.45, 2.75) is 6.42 Å². The van der Waals surface area contributed by atoms with E-state index in [-0.39, 0.29) is 17.0 Å². The molecule has 0 N–H and O–H groups in total. The molecule has 1 aliphatic heterocycles. The van der Waals surface area contributed by atoms with Crippen molar-refractivity contribution in [2.24, 2.45) is 0 Å². The molecule has 3 heteroatoms. The van der Waals surface area contributed by atoms with E-state index in [1.807, 2.05) is 0 Å². The Morgan fingerprint density at radius 1 is 1.07 bits per heavy atom. The molecule has 0 bridgehead atoms. The highest BCUT2D eigenvalue weighted by Gasteiger charge is 2.09. The van der Waals surface area contributed by atoms with Crippen LogP contribution in [0.1, 0.15) is 5.56 Å². The number of rotatable bonds is 3. The summed E-state index contributed by atoms with van der Waals surface area (Å²) in [6.45, 7) is 5.14. The summed E-state index contributed by atoms with van der Waals surface area (Å²) in [7, 11) is 0. The summed E-state index contributed by atoms with van der Waals surface area (Å²) in [4.78, 5) is 2.47. The lowest BCUT2D eigenvalue weighted by Crippen LogP contribution is -2.37. The first-order chi connectivity index (χ1) is 6.95. The quantitative estimate of drug-likeness (QED) is 0.836. The predicted octanol–water partition coefficient (Wildman–Crippen LogP) is 2.14. The van der Waals surface area contributed by atoms with Gasteiger partial charge in [-0.1, -0.05) is 30.3 Å². The molecular weight excluding hydrogens is 254 g/mol. The molecule has 15 heavy (non-hydrogen) atoms. The largest absolute Gasteiger partial charge is 0.379 e. The highest BCUT2D eigenvalue weighted by molar-refractivity contribution is 8.93. The number of hydrogen-bond donors (Lipinski definition) is 0. The van der Waals surface area contributed by atoms with Crippen LogP contribution in [0.15, 0.2) is 30.3 Å². The number of benzene rings is 1. The van der Waals surface area contributed by atoms with E-state index in [1.165, 1.54) is 5.56 Å². The van der Waals surface area contributed by atoms with E-state index in [0.717, 1.165) is 39.3 Å². The Labute approximate surface area is 102 Å². The fraction of sp³-hybridized carbons (Fsp3) is 0.500. The molecule has 84 valence electrons. The second kappa shape index (κ2) is 6.99. The molecule has 1 aromatic rings. The van der Waals surface area contributed by atoms with Crippen molar-refractivity contribution < 1.29 is 4.74 Å². The highest BCUT2D eigenvalue weighted by atomic mass is 79.9. The van der Waals surface area contributed by atoms with E-state index < -0.39 is 0 Å². The van der Waals surface area contributed by atoms with Gasteiger partial charge in [0.05, 0.1) is 13.2 Å². The van der Waals surface area contributed by atoms with Gasteiger partial charge in [0.15, 0.2) is 0 Å². The fourth-order valence-corrected chi connectivity index (χ4v) is 1.76. The molecule has 0 aromatic heterocycles. The molecule has 0 spiro atoms. The normalized spacial score (nSPS) is 17.1. The molecule has 1 aromatic carbocycles. The van der Waals surface area contributed by atoms with Gasteiger partial charge in [0.25, 0.3) is 0 Å². The summed E-state index contributed by atoms with van der Waals surface area (Å²) in [5.74, 6) is 0. The predicted molar refractivity (Wildman–Crippen MR) is 67.7 cm³/mol. The van der Waals surface area contributed by atoms with E-state index in [2.05, 4.69) is 35.2 Å². The monoisotopic (exact) mass is 271 g/mol. The van der Waals surface area contributed by atoms with Crippen LogP contribution in [0.3, 0.4) is 0 Å². The first-order valence-corrected chi connectivity index (χ1v) is 5.29. The van der Waals surface area contributed by atoms with Crippen molar-refractivity contribution >= 4 is 17.0 Å². The number of ether oxygens (including phenoxy) is 1. The Morgan fingerprint density at radius 2 is 1.73 bits per heavy atom. The van der Waals surface area contributed by atoms with Crippen LogP contribution in [0.4, 0.5) is 0 Å². The lowest BCUT2D eigenvalue weighted by molar-refractivity contribution is 0.0384. The van der Waals surface area contributed by atoms with Gasteiger partial charge in [0, 0.05) is 19.6 Å². The van der Waals surface area contributed by atoms with Crippen molar-refractivity contribution in [1.29, 1.82) is 0 Å². The zero-order valence-corrected chi connectivity index (χ0v) is 10.6. The molecule has 0 saturated carbocycles. The standard InChI is InChI=1S/C12H17NO.BrH/c1-2-4-12(5-3-1)6-7-13-8-10-14-11-9-13;/h1-5H,6-11H2;1H. The van der Waals surface area contributed by atoms with Crippen molar-refractivity contribution in [3.05, 3.63) is 35.9 Å². The van der Waals surface area contributed by atoms with Gasteiger partial charge in [0.1, 0.15) is 0 Å². The summed E-state index contributed by atoms with van der Waals surface area (Å²) in [6.07, 6.45) is 1.15. The maximum atomic E-state index is 5.31. The van der Waals surface area contributed by atoms with Gasteiger partial charge in [0.2, 0.25) is 0 Å². The van der Waals surface area contributed by atoms with Crippen molar-refractivity contribution in [1.82, 2.24) is 4.90 Å². The van der Waals surface area contributed by atoms with Gasteiger partial charge >= 0.3 is 0 Å². The highest BCUT2D eigenvalue weighted by Crippen LogP contribution is 2.03. The zero-order chi connectivity index (χ0) is 9.64. The Balaban J connectivity index is 0.00000112. The molecule has 2 rings (SSSR count). The average Bonchev–Trinajstić information content (AvgIpc) is 2.29. The third-order valence-electron chi connectivity index (χ3n) is 2.66. The molecular formula is C12H18BrNO. The maximum Gasteiger partial charge on any atom is 0.0594 e. The molecule has 0 radical (unpaired) electrons. The van der Waals surface area contributed by atoms with Crippen LogP contribution >= 0.6 is 17.0 Å². The summed E-state index contributed by atoms with van der Waals surface area (Å²) < 4.78 is 5.31.